The predicted molar refractivity (Wildman–Crippen MR) is 108 cm³/mol. The molecular formula is C21H23N5O3. The topological polar surface area (TPSA) is 99.0 Å². The molecule has 0 fully saturated rings. The van der Waals surface area contributed by atoms with Gasteiger partial charge in [-0.15, -0.1) is 10.2 Å². The summed E-state index contributed by atoms with van der Waals surface area (Å²) in [6, 6.07) is 10.5. The summed E-state index contributed by atoms with van der Waals surface area (Å²) < 4.78 is 6.96. The number of esters is 1. The minimum Gasteiger partial charge on any atom is -0.462 e. The molecule has 0 aliphatic rings. The fourth-order valence-corrected chi connectivity index (χ4v) is 2.95. The Bertz CT molecular complexity index is 985. The molecule has 0 spiro atoms. The maximum atomic E-state index is 12.4. The lowest BCUT2D eigenvalue weighted by atomic mass is 10.2. The van der Waals surface area contributed by atoms with Gasteiger partial charge >= 0.3 is 5.97 Å². The quantitative estimate of drug-likeness (QED) is 0.591. The van der Waals surface area contributed by atoms with Crippen molar-refractivity contribution in [2.75, 3.05) is 11.9 Å². The van der Waals surface area contributed by atoms with Gasteiger partial charge in [0.05, 0.1) is 12.2 Å². The molecule has 2 heterocycles. The number of hydrogen-bond donors (Lipinski definition) is 1. The van der Waals surface area contributed by atoms with Crippen molar-refractivity contribution in [1.82, 2.24) is 19.7 Å². The lowest BCUT2D eigenvalue weighted by molar-refractivity contribution is -0.116. The second kappa shape index (κ2) is 9.59. The van der Waals surface area contributed by atoms with E-state index in [-0.39, 0.29) is 12.3 Å². The summed E-state index contributed by atoms with van der Waals surface area (Å²) in [5.74, 6) is 0.891. The summed E-state index contributed by atoms with van der Waals surface area (Å²) in [5, 5.41) is 11.3. The van der Waals surface area contributed by atoms with Gasteiger partial charge in [-0.05, 0) is 44.2 Å². The molecule has 0 saturated carbocycles. The van der Waals surface area contributed by atoms with Gasteiger partial charge in [-0.2, -0.15) is 0 Å². The fraction of sp³-hybridized carbons (Fsp3) is 0.286. The van der Waals surface area contributed by atoms with E-state index >= 15 is 0 Å². The van der Waals surface area contributed by atoms with Gasteiger partial charge in [0.2, 0.25) is 5.91 Å². The van der Waals surface area contributed by atoms with Crippen LogP contribution in [0.3, 0.4) is 0 Å². The van der Waals surface area contributed by atoms with Crippen LogP contribution in [0.1, 0.15) is 36.5 Å². The van der Waals surface area contributed by atoms with Gasteiger partial charge in [0.1, 0.15) is 5.82 Å². The summed E-state index contributed by atoms with van der Waals surface area (Å²) in [7, 11) is 0. The molecule has 8 heteroatoms. The molecule has 0 unspecified atom stereocenters. The van der Waals surface area contributed by atoms with E-state index in [4.69, 9.17) is 4.74 Å². The number of rotatable bonds is 8. The summed E-state index contributed by atoms with van der Waals surface area (Å²) in [4.78, 5) is 28.3. The van der Waals surface area contributed by atoms with E-state index < -0.39 is 5.97 Å². The minimum atomic E-state index is -0.414. The van der Waals surface area contributed by atoms with Crippen LogP contribution in [-0.2, 0) is 22.5 Å². The molecule has 0 bridgehead atoms. The van der Waals surface area contributed by atoms with Crippen molar-refractivity contribution in [3.05, 3.63) is 60.2 Å². The van der Waals surface area contributed by atoms with Crippen molar-refractivity contribution in [3.8, 4) is 11.4 Å². The van der Waals surface area contributed by atoms with E-state index in [1.807, 2.05) is 23.6 Å². The second-order valence-corrected chi connectivity index (χ2v) is 6.28. The number of carbonyl (C=O) groups is 2. The molecule has 0 atom stereocenters. The van der Waals surface area contributed by atoms with Gasteiger partial charge in [0.15, 0.2) is 5.82 Å². The molecule has 0 radical (unpaired) electrons. The van der Waals surface area contributed by atoms with Crippen LogP contribution in [0.5, 0.6) is 0 Å². The third-order valence-corrected chi connectivity index (χ3v) is 4.30. The van der Waals surface area contributed by atoms with E-state index in [1.165, 1.54) is 0 Å². The third-order valence-electron chi connectivity index (χ3n) is 4.30. The van der Waals surface area contributed by atoms with E-state index in [0.717, 1.165) is 17.2 Å². The number of benzene rings is 1. The highest BCUT2D eigenvalue weighted by Gasteiger charge is 2.14. The van der Waals surface area contributed by atoms with Gasteiger partial charge in [-0.25, -0.2) is 4.79 Å². The number of amides is 1. The van der Waals surface area contributed by atoms with Crippen LogP contribution in [0.25, 0.3) is 11.4 Å². The molecule has 8 nitrogen and oxygen atoms in total. The van der Waals surface area contributed by atoms with Crippen LogP contribution < -0.4 is 5.32 Å². The molecule has 1 N–H and O–H groups in total. The van der Waals surface area contributed by atoms with E-state index in [2.05, 4.69) is 20.5 Å². The van der Waals surface area contributed by atoms with Crippen molar-refractivity contribution < 1.29 is 14.3 Å². The van der Waals surface area contributed by atoms with E-state index in [9.17, 15) is 9.59 Å². The predicted octanol–water partition coefficient (Wildman–Crippen LogP) is 3.11. The monoisotopic (exact) mass is 393 g/mol. The van der Waals surface area contributed by atoms with Gasteiger partial charge in [-0.1, -0.05) is 6.07 Å². The fourth-order valence-electron chi connectivity index (χ4n) is 2.95. The number of ether oxygens (including phenoxy) is 1. The highest BCUT2D eigenvalue weighted by molar-refractivity contribution is 5.94. The Kier molecular flexibility index (Phi) is 6.67. The first-order valence-electron chi connectivity index (χ1n) is 9.51. The lowest BCUT2D eigenvalue weighted by Gasteiger charge is -2.09. The largest absolute Gasteiger partial charge is 0.462 e. The Morgan fingerprint density at radius 1 is 1.14 bits per heavy atom. The van der Waals surface area contributed by atoms with Gasteiger partial charge in [0.25, 0.3) is 0 Å². The molecule has 150 valence electrons. The van der Waals surface area contributed by atoms with Crippen LogP contribution >= 0.6 is 0 Å². The first kappa shape index (κ1) is 20.2. The number of aryl methyl sites for hydroxylation is 1. The van der Waals surface area contributed by atoms with Crippen molar-refractivity contribution >= 4 is 17.6 Å². The highest BCUT2D eigenvalue weighted by atomic mass is 16.5. The second-order valence-electron chi connectivity index (χ2n) is 6.28. The Hall–Kier alpha value is -3.55. The summed E-state index contributed by atoms with van der Waals surface area (Å²) in [5.41, 5.74) is 1.83. The Labute approximate surface area is 168 Å². The molecule has 3 aromatic rings. The number of nitrogens with one attached hydrogen (secondary N) is 1. The molecule has 3 rings (SSSR count). The van der Waals surface area contributed by atoms with Crippen LogP contribution in [0.2, 0.25) is 0 Å². The molecule has 29 heavy (non-hydrogen) atoms. The maximum absolute atomic E-state index is 12.4. The van der Waals surface area contributed by atoms with Crippen molar-refractivity contribution in [2.24, 2.45) is 0 Å². The van der Waals surface area contributed by atoms with Gasteiger partial charge in [-0.3, -0.25) is 9.78 Å². The number of nitrogens with zero attached hydrogens (tertiary/aromatic N) is 4. The number of carbonyl (C=O) groups excluding carboxylic acids is 2. The zero-order valence-corrected chi connectivity index (χ0v) is 16.5. The first-order valence-corrected chi connectivity index (χ1v) is 9.51. The average Bonchev–Trinajstić information content (AvgIpc) is 3.16. The lowest BCUT2D eigenvalue weighted by Crippen LogP contribution is -2.15. The Balaban J connectivity index is 1.64. The van der Waals surface area contributed by atoms with Crippen molar-refractivity contribution in [1.29, 1.82) is 0 Å². The van der Waals surface area contributed by atoms with Crippen LogP contribution in [-0.4, -0.2) is 38.2 Å². The van der Waals surface area contributed by atoms with Crippen LogP contribution in [0, 0.1) is 0 Å². The number of anilines is 1. The molecule has 0 aliphatic carbocycles. The zero-order valence-electron chi connectivity index (χ0n) is 16.5. The van der Waals surface area contributed by atoms with Crippen LogP contribution in [0.15, 0.2) is 48.8 Å². The molecule has 0 saturated heterocycles. The zero-order chi connectivity index (χ0) is 20.6. The number of hydrogen-bond acceptors (Lipinski definition) is 6. The number of pyridine rings is 1. The maximum Gasteiger partial charge on any atom is 0.338 e. The highest BCUT2D eigenvalue weighted by Crippen LogP contribution is 2.18. The van der Waals surface area contributed by atoms with Gasteiger partial charge in [0, 0.05) is 43.0 Å². The summed E-state index contributed by atoms with van der Waals surface area (Å²) >= 11 is 0. The standard InChI is InChI=1S/C21H23N5O3/c1-3-26-18(24-25-20(26)16-8-6-12-22-14-16)10-11-19(27)23-17-9-5-7-15(13-17)21(28)29-4-2/h5-9,12-14H,3-4,10-11H2,1-2H3,(H,23,27). The van der Waals surface area contributed by atoms with Crippen molar-refractivity contribution in [3.63, 3.8) is 0 Å². The Morgan fingerprint density at radius 2 is 2.00 bits per heavy atom. The van der Waals surface area contributed by atoms with E-state index in [1.54, 1.807) is 43.6 Å². The normalized spacial score (nSPS) is 10.6. The third kappa shape index (κ3) is 5.04. The molecule has 1 amide bonds. The molecule has 1 aromatic carbocycles. The SMILES string of the molecule is CCOC(=O)c1cccc(NC(=O)CCc2nnc(-c3cccnc3)n2CC)c1. The number of aromatic nitrogens is 4. The van der Waals surface area contributed by atoms with Gasteiger partial charge < -0.3 is 14.6 Å². The summed E-state index contributed by atoms with van der Waals surface area (Å²) in [6.45, 7) is 4.75. The smallest absolute Gasteiger partial charge is 0.338 e. The average molecular weight is 393 g/mol. The van der Waals surface area contributed by atoms with Crippen LogP contribution in [0.4, 0.5) is 5.69 Å². The molecule has 2 aromatic heterocycles. The minimum absolute atomic E-state index is 0.167. The summed E-state index contributed by atoms with van der Waals surface area (Å²) in [6.07, 6.45) is 4.14. The van der Waals surface area contributed by atoms with Crippen molar-refractivity contribution in [2.45, 2.75) is 33.2 Å². The Morgan fingerprint density at radius 3 is 2.72 bits per heavy atom. The molecular weight excluding hydrogens is 370 g/mol. The van der Waals surface area contributed by atoms with E-state index in [0.29, 0.717) is 30.8 Å². The first-order chi connectivity index (χ1) is 14.1. The molecule has 0 aliphatic heterocycles.